The molecule has 1 amide bonds. The van der Waals surface area contributed by atoms with E-state index < -0.39 is 28.0 Å². The third-order valence-electron chi connectivity index (χ3n) is 8.09. The second kappa shape index (κ2) is 12.4. The summed E-state index contributed by atoms with van der Waals surface area (Å²) >= 11 is 1.46. The molecule has 1 aliphatic heterocycles. The first-order valence-corrected chi connectivity index (χ1v) is 16.9. The van der Waals surface area contributed by atoms with Gasteiger partial charge >= 0.3 is 0 Å². The number of carbonyl (C=O) groups is 1. The summed E-state index contributed by atoms with van der Waals surface area (Å²) in [7, 11) is -2.99. The average molecular weight is 611 g/mol. The van der Waals surface area contributed by atoms with Crippen LogP contribution < -0.4 is 10.2 Å². The maximum Gasteiger partial charge on any atom is 0.224 e. The highest BCUT2D eigenvalue weighted by atomic mass is 32.2. The fourth-order valence-electron chi connectivity index (χ4n) is 5.55. The minimum Gasteiger partial charge on any atom is -0.369 e. The van der Waals surface area contributed by atoms with Gasteiger partial charge in [0.15, 0.2) is 9.84 Å². The normalized spacial score (nSPS) is 22.9. The topological polar surface area (TPSA) is 129 Å². The van der Waals surface area contributed by atoms with E-state index in [1.807, 2.05) is 57.2 Å². The summed E-state index contributed by atoms with van der Waals surface area (Å²) in [4.78, 5) is 21.4. The SMILES string of the molecule is Cc1ccc(-c2nc(C3CCC(F)CC3C(=O)NC(C#N)C(C)C)c(-c3ccc(N4CCS(=O)(=O)CC4)cc3)s2)nn1. The predicted molar refractivity (Wildman–Crippen MR) is 162 cm³/mol. The predicted octanol–water partition coefficient (Wildman–Crippen LogP) is 4.70. The van der Waals surface area contributed by atoms with Crippen molar-refractivity contribution in [3.05, 3.63) is 47.8 Å². The van der Waals surface area contributed by atoms with Gasteiger partial charge in [-0.2, -0.15) is 10.4 Å². The molecule has 2 fully saturated rings. The Labute approximate surface area is 250 Å². The van der Waals surface area contributed by atoms with Gasteiger partial charge in [0, 0.05) is 30.6 Å². The Morgan fingerprint density at radius 2 is 1.83 bits per heavy atom. The average Bonchev–Trinajstić information content (AvgIpc) is 3.41. The van der Waals surface area contributed by atoms with Gasteiger partial charge in [0.2, 0.25) is 5.91 Å². The number of nitrogens with zero attached hydrogens (tertiary/aromatic N) is 5. The fraction of sp³-hybridized carbons (Fsp3) is 0.500. The molecular weight excluding hydrogens is 576 g/mol. The fourth-order valence-corrected chi connectivity index (χ4v) is 7.86. The van der Waals surface area contributed by atoms with Crippen molar-refractivity contribution in [3.8, 4) is 27.2 Å². The molecule has 4 atom stereocenters. The molecular formula is C30H35FN6O3S2. The molecule has 222 valence electrons. The smallest absolute Gasteiger partial charge is 0.224 e. The van der Waals surface area contributed by atoms with Crippen LogP contribution in [0.3, 0.4) is 0 Å². The number of aromatic nitrogens is 3. The van der Waals surface area contributed by atoms with Gasteiger partial charge in [-0.25, -0.2) is 17.8 Å². The molecule has 1 saturated heterocycles. The van der Waals surface area contributed by atoms with Crippen LogP contribution >= 0.6 is 11.3 Å². The maximum absolute atomic E-state index is 14.7. The van der Waals surface area contributed by atoms with Crippen molar-refractivity contribution < 1.29 is 17.6 Å². The van der Waals surface area contributed by atoms with Crippen LogP contribution in [0.4, 0.5) is 10.1 Å². The van der Waals surface area contributed by atoms with Crippen molar-refractivity contribution in [2.75, 3.05) is 29.5 Å². The zero-order valence-electron chi connectivity index (χ0n) is 24.0. The summed E-state index contributed by atoms with van der Waals surface area (Å²) in [6, 6.07) is 13.2. The third-order valence-corrected chi connectivity index (χ3v) is 10.8. The van der Waals surface area contributed by atoms with E-state index in [2.05, 4.69) is 26.5 Å². The zero-order chi connectivity index (χ0) is 30.0. The van der Waals surface area contributed by atoms with Crippen LogP contribution in [-0.2, 0) is 14.6 Å². The monoisotopic (exact) mass is 610 g/mol. The Bertz CT molecular complexity index is 1550. The first-order chi connectivity index (χ1) is 20.0. The number of alkyl halides is 1. The molecule has 3 aromatic rings. The number of hydrogen-bond acceptors (Lipinski definition) is 9. The Morgan fingerprint density at radius 3 is 2.45 bits per heavy atom. The first kappa shape index (κ1) is 30.0. The van der Waals surface area contributed by atoms with Crippen molar-refractivity contribution in [2.24, 2.45) is 11.8 Å². The summed E-state index contributed by atoms with van der Waals surface area (Å²) in [5.41, 5.74) is 3.97. The molecule has 5 rings (SSSR count). The number of nitriles is 1. The standard InChI is InChI=1S/C30H35FN6O3S2/c1-18(2)26(17-32)33-29(38)24-16-21(31)7-10-23(24)27-28(41-30(34-27)25-11-4-19(3)35-36-25)20-5-8-22(9-6-20)37-12-14-42(39,40)15-13-37/h4-6,8-9,11,18,21,23-24,26H,7,10,12-16H2,1-3H3,(H,33,38). The first-order valence-electron chi connectivity index (χ1n) is 14.3. The van der Waals surface area contributed by atoms with E-state index in [0.717, 1.165) is 27.5 Å². The van der Waals surface area contributed by atoms with Crippen LogP contribution in [0, 0.1) is 30.1 Å². The quantitative estimate of drug-likeness (QED) is 0.408. The van der Waals surface area contributed by atoms with Crippen LogP contribution in [-0.4, -0.2) is 66.3 Å². The van der Waals surface area contributed by atoms with E-state index in [-0.39, 0.29) is 35.7 Å². The summed E-state index contributed by atoms with van der Waals surface area (Å²) in [5, 5.41) is 21.6. The number of thiazole rings is 1. The number of benzene rings is 1. The van der Waals surface area contributed by atoms with Crippen LogP contribution in [0.15, 0.2) is 36.4 Å². The molecule has 42 heavy (non-hydrogen) atoms. The highest BCUT2D eigenvalue weighted by Gasteiger charge is 2.40. The summed E-state index contributed by atoms with van der Waals surface area (Å²) in [6.07, 6.45) is -0.254. The largest absolute Gasteiger partial charge is 0.369 e. The summed E-state index contributed by atoms with van der Waals surface area (Å²) in [5.74, 6) is -1.14. The number of halogens is 1. The molecule has 2 aliphatic rings. The van der Waals surface area contributed by atoms with Crippen LogP contribution in [0.25, 0.3) is 21.1 Å². The van der Waals surface area contributed by atoms with E-state index in [4.69, 9.17) is 4.98 Å². The lowest BCUT2D eigenvalue weighted by Crippen LogP contribution is -2.44. The van der Waals surface area contributed by atoms with Crippen LogP contribution in [0.2, 0.25) is 0 Å². The molecule has 3 heterocycles. The molecule has 12 heteroatoms. The highest BCUT2D eigenvalue weighted by Crippen LogP contribution is 2.46. The lowest BCUT2D eigenvalue weighted by atomic mass is 9.75. The highest BCUT2D eigenvalue weighted by molar-refractivity contribution is 7.91. The Hall–Kier alpha value is -3.43. The molecule has 1 N–H and O–H groups in total. The van der Waals surface area contributed by atoms with Crippen LogP contribution in [0.5, 0.6) is 0 Å². The van der Waals surface area contributed by atoms with Crippen molar-refractivity contribution in [1.29, 1.82) is 5.26 Å². The molecule has 4 unspecified atom stereocenters. The van der Waals surface area contributed by atoms with Gasteiger partial charge in [0.05, 0.1) is 33.8 Å². The second-order valence-corrected chi connectivity index (χ2v) is 14.8. The number of carbonyl (C=O) groups excluding carboxylic acids is 1. The van der Waals surface area contributed by atoms with Crippen molar-refractivity contribution in [2.45, 2.75) is 58.2 Å². The number of aryl methyl sites for hydroxylation is 1. The maximum atomic E-state index is 14.7. The van der Waals surface area contributed by atoms with Crippen molar-refractivity contribution >= 4 is 32.8 Å². The lowest BCUT2D eigenvalue weighted by Gasteiger charge is -2.33. The van der Waals surface area contributed by atoms with E-state index in [1.54, 1.807) is 0 Å². The van der Waals surface area contributed by atoms with Gasteiger partial charge in [-0.15, -0.1) is 16.4 Å². The number of amides is 1. The zero-order valence-corrected chi connectivity index (χ0v) is 25.6. The van der Waals surface area contributed by atoms with Gasteiger partial charge in [-0.05, 0) is 61.9 Å². The number of hydrogen-bond donors (Lipinski definition) is 1. The van der Waals surface area contributed by atoms with Gasteiger partial charge in [-0.3, -0.25) is 4.79 Å². The Kier molecular flexibility index (Phi) is 8.89. The Balaban J connectivity index is 1.51. The van der Waals surface area contributed by atoms with Crippen molar-refractivity contribution in [3.63, 3.8) is 0 Å². The minimum absolute atomic E-state index is 0.0696. The second-order valence-electron chi connectivity index (χ2n) is 11.5. The van der Waals surface area contributed by atoms with Crippen LogP contribution in [0.1, 0.15) is 50.4 Å². The molecule has 0 radical (unpaired) electrons. The van der Waals surface area contributed by atoms with Gasteiger partial charge in [0.25, 0.3) is 0 Å². The molecule has 1 saturated carbocycles. The van der Waals surface area contributed by atoms with Gasteiger partial charge in [-0.1, -0.05) is 26.0 Å². The van der Waals surface area contributed by atoms with E-state index in [9.17, 15) is 22.9 Å². The summed E-state index contributed by atoms with van der Waals surface area (Å²) < 4.78 is 38.5. The molecule has 0 spiro atoms. The molecule has 2 aromatic heterocycles. The van der Waals surface area contributed by atoms with E-state index in [0.29, 0.717) is 36.6 Å². The lowest BCUT2D eigenvalue weighted by molar-refractivity contribution is -0.128. The van der Waals surface area contributed by atoms with E-state index in [1.165, 1.54) is 11.3 Å². The van der Waals surface area contributed by atoms with Gasteiger partial charge < -0.3 is 10.2 Å². The number of rotatable bonds is 7. The van der Waals surface area contributed by atoms with Gasteiger partial charge in [0.1, 0.15) is 22.9 Å². The molecule has 9 nitrogen and oxygen atoms in total. The molecule has 1 aromatic carbocycles. The summed E-state index contributed by atoms with van der Waals surface area (Å²) in [6.45, 7) is 6.49. The van der Waals surface area contributed by atoms with E-state index >= 15 is 0 Å². The molecule has 0 bridgehead atoms. The number of anilines is 1. The third kappa shape index (κ3) is 6.63. The van der Waals surface area contributed by atoms with Crippen molar-refractivity contribution in [1.82, 2.24) is 20.5 Å². The Morgan fingerprint density at radius 1 is 1.12 bits per heavy atom. The number of nitrogens with one attached hydrogen (secondary N) is 1. The molecule has 1 aliphatic carbocycles. The number of sulfone groups is 1. The minimum atomic E-state index is -2.99.